The summed E-state index contributed by atoms with van der Waals surface area (Å²) in [6.45, 7) is 0.649. The summed E-state index contributed by atoms with van der Waals surface area (Å²) in [6, 6.07) is 2.44. The zero-order valence-electron chi connectivity index (χ0n) is 7.08. The average molecular weight is 222 g/mol. The lowest BCUT2D eigenvalue weighted by atomic mass is 10.1. The molecule has 1 nitrogen and oxygen atoms in total. The number of rotatable bonds is 0. The van der Waals surface area contributed by atoms with E-state index in [0.29, 0.717) is 24.2 Å². The van der Waals surface area contributed by atoms with Crippen molar-refractivity contribution in [2.45, 2.75) is 12.6 Å². The van der Waals surface area contributed by atoms with E-state index in [0.717, 1.165) is 6.07 Å². The second-order valence-corrected chi connectivity index (χ2v) is 3.51. The van der Waals surface area contributed by atoms with Crippen LogP contribution in [0, 0.1) is 0 Å². The van der Waals surface area contributed by atoms with Crippen LogP contribution < -0.4 is 5.32 Å². The first-order valence-corrected chi connectivity index (χ1v) is 4.50. The third kappa shape index (κ3) is 1.43. The molecule has 14 heavy (non-hydrogen) atoms. The van der Waals surface area contributed by atoms with Gasteiger partial charge in [-0.1, -0.05) is 11.6 Å². The lowest BCUT2D eigenvalue weighted by molar-refractivity contribution is -0.137. The number of alkyl halides is 3. The Kier molecular flexibility index (Phi) is 2.10. The van der Waals surface area contributed by atoms with Crippen molar-refractivity contribution in [2.24, 2.45) is 0 Å². The molecule has 1 aromatic carbocycles. The summed E-state index contributed by atoms with van der Waals surface area (Å²) >= 11 is 5.68. The summed E-state index contributed by atoms with van der Waals surface area (Å²) < 4.78 is 37.2. The number of nitrogens with one attached hydrogen (secondary N) is 1. The van der Waals surface area contributed by atoms with Gasteiger partial charge in [0.2, 0.25) is 0 Å². The highest BCUT2D eigenvalue weighted by Gasteiger charge is 2.35. The van der Waals surface area contributed by atoms with Gasteiger partial charge in [0.1, 0.15) is 0 Å². The Morgan fingerprint density at radius 3 is 2.64 bits per heavy atom. The maximum Gasteiger partial charge on any atom is 0.417 e. The van der Waals surface area contributed by atoms with Crippen LogP contribution in [0.25, 0.3) is 0 Å². The van der Waals surface area contributed by atoms with E-state index in [-0.39, 0.29) is 5.02 Å². The van der Waals surface area contributed by atoms with Gasteiger partial charge in [-0.25, -0.2) is 0 Å². The topological polar surface area (TPSA) is 12.0 Å². The molecule has 0 unspecified atom stereocenters. The summed E-state index contributed by atoms with van der Waals surface area (Å²) in [5.74, 6) is 0. The number of anilines is 1. The van der Waals surface area contributed by atoms with Crippen molar-refractivity contribution < 1.29 is 13.2 Å². The summed E-state index contributed by atoms with van der Waals surface area (Å²) in [4.78, 5) is 0. The third-order valence-corrected chi connectivity index (χ3v) is 2.67. The fourth-order valence-corrected chi connectivity index (χ4v) is 1.94. The van der Waals surface area contributed by atoms with Crippen LogP contribution in [0.4, 0.5) is 18.9 Å². The smallest absolute Gasteiger partial charge is 0.384 e. The molecular weight excluding hydrogens is 215 g/mol. The van der Waals surface area contributed by atoms with Gasteiger partial charge in [-0.05, 0) is 24.1 Å². The van der Waals surface area contributed by atoms with Crippen LogP contribution in [0.15, 0.2) is 12.1 Å². The molecule has 1 aliphatic rings. The minimum Gasteiger partial charge on any atom is -0.384 e. The minimum atomic E-state index is -4.37. The molecule has 1 aliphatic heterocycles. The number of halogens is 4. The number of hydrogen-bond acceptors (Lipinski definition) is 1. The Morgan fingerprint density at radius 2 is 2.00 bits per heavy atom. The van der Waals surface area contributed by atoms with Crippen molar-refractivity contribution in [1.82, 2.24) is 0 Å². The summed E-state index contributed by atoms with van der Waals surface area (Å²) in [5, 5.41) is 2.80. The third-order valence-electron chi connectivity index (χ3n) is 2.24. The first-order chi connectivity index (χ1) is 6.50. The monoisotopic (exact) mass is 221 g/mol. The first kappa shape index (κ1) is 9.65. The molecule has 0 radical (unpaired) electrons. The predicted molar refractivity (Wildman–Crippen MR) is 48.6 cm³/mol. The fraction of sp³-hybridized carbons (Fsp3) is 0.333. The lowest BCUT2D eigenvalue weighted by Crippen LogP contribution is -2.06. The van der Waals surface area contributed by atoms with Crippen molar-refractivity contribution >= 4 is 17.3 Å². The Hall–Kier alpha value is -0.900. The molecule has 76 valence electrons. The van der Waals surface area contributed by atoms with Crippen molar-refractivity contribution in [1.29, 1.82) is 0 Å². The van der Waals surface area contributed by atoms with Gasteiger partial charge >= 0.3 is 6.18 Å². The highest BCUT2D eigenvalue weighted by atomic mass is 35.5. The summed E-state index contributed by atoms with van der Waals surface area (Å²) in [6.07, 6.45) is -3.81. The van der Waals surface area contributed by atoms with Gasteiger partial charge < -0.3 is 5.32 Å². The van der Waals surface area contributed by atoms with Crippen molar-refractivity contribution in [3.63, 3.8) is 0 Å². The SMILES string of the molecule is FC(F)(F)c1ccc2c(c1Cl)CCN2. The van der Waals surface area contributed by atoms with Crippen LogP contribution in [0.1, 0.15) is 11.1 Å². The standard InChI is InChI=1S/C9H7ClF3N/c10-8-5-3-4-14-7(5)2-1-6(8)9(11,12)13/h1-2,14H,3-4H2. The Morgan fingerprint density at radius 1 is 1.29 bits per heavy atom. The van der Waals surface area contributed by atoms with E-state index < -0.39 is 11.7 Å². The highest BCUT2D eigenvalue weighted by Crippen LogP contribution is 2.40. The van der Waals surface area contributed by atoms with E-state index >= 15 is 0 Å². The molecule has 0 amide bonds. The van der Waals surface area contributed by atoms with Crippen LogP contribution in [0.2, 0.25) is 5.02 Å². The molecule has 0 bridgehead atoms. The number of hydrogen-bond donors (Lipinski definition) is 1. The first-order valence-electron chi connectivity index (χ1n) is 4.12. The molecule has 0 spiro atoms. The quantitative estimate of drug-likeness (QED) is 0.709. The van der Waals surface area contributed by atoms with Crippen LogP contribution in [0.5, 0.6) is 0 Å². The van der Waals surface area contributed by atoms with Gasteiger partial charge in [-0.3, -0.25) is 0 Å². The molecule has 0 fully saturated rings. The molecule has 0 atom stereocenters. The molecule has 0 aromatic heterocycles. The molecule has 1 heterocycles. The molecular formula is C9H7ClF3N. The molecule has 1 aromatic rings. The van der Waals surface area contributed by atoms with E-state index in [1.54, 1.807) is 0 Å². The van der Waals surface area contributed by atoms with E-state index in [2.05, 4.69) is 5.32 Å². The van der Waals surface area contributed by atoms with E-state index in [9.17, 15) is 13.2 Å². The molecule has 0 aliphatic carbocycles. The minimum absolute atomic E-state index is 0.167. The Labute approximate surface area is 83.9 Å². The number of benzene rings is 1. The maximum atomic E-state index is 12.4. The van der Waals surface area contributed by atoms with Crippen LogP contribution in [-0.4, -0.2) is 6.54 Å². The molecule has 0 saturated heterocycles. The van der Waals surface area contributed by atoms with Gasteiger partial charge in [0, 0.05) is 12.2 Å². The zero-order valence-corrected chi connectivity index (χ0v) is 7.84. The van der Waals surface area contributed by atoms with E-state index in [1.807, 2.05) is 0 Å². The average Bonchev–Trinajstić information content (AvgIpc) is 2.50. The second kappa shape index (κ2) is 3.05. The molecule has 0 saturated carbocycles. The van der Waals surface area contributed by atoms with E-state index in [1.165, 1.54) is 6.07 Å². The van der Waals surface area contributed by atoms with Crippen LogP contribution in [-0.2, 0) is 12.6 Å². The van der Waals surface area contributed by atoms with Crippen molar-refractivity contribution in [3.05, 3.63) is 28.3 Å². The van der Waals surface area contributed by atoms with Gasteiger partial charge in [0.05, 0.1) is 10.6 Å². The van der Waals surface area contributed by atoms with Crippen LogP contribution in [0.3, 0.4) is 0 Å². The van der Waals surface area contributed by atoms with Crippen molar-refractivity contribution in [2.75, 3.05) is 11.9 Å². The lowest BCUT2D eigenvalue weighted by Gasteiger charge is -2.11. The Balaban J connectivity index is 2.56. The second-order valence-electron chi connectivity index (χ2n) is 3.13. The molecule has 5 heteroatoms. The Bertz CT molecular complexity index is 373. The maximum absolute atomic E-state index is 12.4. The van der Waals surface area contributed by atoms with Gasteiger partial charge in [-0.15, -0.1) is 0 Å². The zero-order chi connectivity index (χ0) is 10.3. The fourth-order valence-electron chi connectivity index (χ4n) is 1.57. The van der Waals surface area contributed by atoms with Crippen LogP contribution >= 0.6 is 11.6 Å². The van der Waals surface area contributed by atoms with Gasteiger partial charge in [0.15, 0.2) is 0 Å². The predicted octanol–water partition coefficient (Wildman–Crippen LogP) is 3.33. The van der Waals surface area contributed by atoms with Gasteiger partial charge in [0.25, 0.3) is 0 Å². The molecule has 1 N–H and O–H groups in total. The summed E-state index contributed by atoms with van der Waals surface area (Å²) in [7, 11) is 0. The van der Waals surface area contributed by atoms with Crippen molar-refractivity contribution in [3.8, 4) is 0 Å². The van der Waals surface area contributed by atoms with E-state index in [4.69, 9.17) is 11.6 Å². The van der Waals surface area contributed by atoms with Gasteiger partial charge in [-0.2, -0.15) is 13.2 Å². The normalized spacial score (nSPS) is 15.1. The largest absolute Gasteiger partial charge is 0.417 e. The number of fused-ring (bicyclic) bond motifs is 1. The highest BCUT2D eigenvalue weighted by molar-refractivity contribution is 6.32. The molecule has 2 rings (SSSR count). The summed E-state index contributed by atoms with van der Waals surface area (Å²) in [5.41, 5.74) is 0.533.